The Kier molecular flexibility index (Phi) is 8.18. The van der Waals surface area contributed by atoms with E-state index >= 15 is 0 Å². The number of fused-ring (bicyclic) bond motifs is 1. The molecule has 1 aromatic heterocycles. The number of primary amides is 1. The Morgan fingerprint density at radius 3 is 2.39 bits per heavy atom. The average molecular weight is 539 g/mol. The molecular formula is C29H38N4O4S. The van der Waals surface area contributed by atoms with Crippen molar-refractivity contribution in [2.24, 2.45) is 5.73 Å². The van der Waals surface area contributed by atoms with Crippen LogP contribution in [0.3, 0.4) is 0 Å². The standard InChI is InChI=1S/C29H38N4O4S/c30-28(35)19-24-17-23(21-5-2-1-3-6-21)18-26-27(20-31-29(24)26)22-7-14-33(15-8-22)38(36,37)16-4-11-32-12-9-25(34)10-13-32/h1-3,5-6,17-18,20,22,25,31,34H,4,7-16,19H2,(H2,30,35). The summed E-state index contributed by atoms with van der Waals surface area (Å²) in [6.45, 7) is 3.47. The molecule has 0 bridgehead atoms. The molecule has 8 nitrogen and oxygen atoms in total. The molecule has 38 heavy (non-hydrogen) atoms. The number of carbonyl (C=O) groups is 1. The number of carbonyl (C=O) groups excluding carboxylic acids is 1. The number of sulfonamides is 1. The van der Waals surface area contributed by atoms with Crippen molar-refractivity contribution < 1.29 is 18.3 Å². The van der Waals surface area contributed by atoms with Crippen molar-refractivity contribution in [1.82, 2.24) is 14.2 Å². The van der Waals surface area contributed by atoms with Crippen LogP contribution in [-0.2, 0) is 21.2 Å². The summed E-state index contributed by atoms with van der Waals surface area (Å²) >= 11 is 0. The lowest BCUT2D eigenvalue weighted by atomic mass is 9.88. The first-order valence-corrected chi connectivity index (χ1v) is 15.3. The van der Waals surface area contributed by atoms with E-state index in [1.807, 2.05) is 30.5 Å². The molecule has 1 amide bonds. The molecule has 2 aliphatic heterocycles. The second kappa shape index (κ2) is 11.6. The fourth-order valence-corrected chi connectivity index (χ4v) is 7.50. The Morgan fingerprint density at radius 1 is 1.00 bits per heavy atom. The number of nitrogens with zero attached hydrogens (tertiary/aromatic N) is 2. The number of aliphatic hydroxyl groups is 1. The van der Waals surface area contributed by atoms with Crippen LogP contribution in [0.2, 0.25) is 0 Å². The fourth-order valence-electron chi connectivity index (χ4n) is 5.98. The zero-order valence-corrected chi connectivity index (χ0v) is 22.6. The van der Waals surface area contributed by atoms with Crippen LogP contribution in [0.15, 0.2) is 48.7 Å². The van der Waals surface area contributed by atoms with Gasteiger partial charge in [-0.3, -0.25) is 4.79 Å². The molecule has 2 fully saturated rings. The minimum absolute atomic E-state index is 0.159. The lowest BCUT2D eigenvalue weighted by Crippen LogP contribution is -2.40. The molecule has 0 spiro atoms. The first kappa shape index (κ1) is 26.9. The van der Waals surface area contributed by atoms with E-state index in [0.717, 1.165) is 72.9 Å². The number of piperidine rings is 2. The van der Waals surface area contributed by atoms with Crippen molar-refractivity contribution >= 4 is 26.8 Å². The highest BCUT2D eigenvalue weighted by Crippen LogP contribution is 2.37. The van der Waals surface area contributed by atoms with Gasteiger partial charge >= 0.3 is 0 Å². The van der Waals surface area contributed by atoms with Gasteiger partial charge in [-0.25, -0.2) is 12.7 Å². The van der Waals surface area contributed by atoms with Crippen LogP contribution in [0.5, 0.6) is 0 Å². The Bertz CT molecular complexity index is 1360. The molecule has 0 saturated carbocycles. The van der Waals surface area contributed by atoms with Gasteiger partial charge in [-0.2, -0.15) is 0 Å². The van der Waals surface area contributed by atoms with E-state index in [1.165, 1.54) is 5.56 Å². The van der Waals surface area contributed by atoms with E-state index in [9.17, 15) is 18.3 Å². The predicted octanol–water partition coefficient (Wildman–Crippen LogP) is 3.22. The van der Waals surface area contributed by atoms with E-state index in [0.29, 0.717) is 19.5 Å². The second-order valence-corrected chi connectivity index (χ2v) is 12.8. The molecule has 3 aromatic rings. The number of benzene rings is 2. The minimum atomic E-state index is -3.29. The van der Waals surface area contributed by atoms with Gasteiger partial charge in [0.1, 0.15) is 0 Å². The fraction of sp³-hybridized carbons (Fsp3) is 0.483. The smallest absolute Gasteiger partial charge is 0.221 e. The van der Waals surface area contributed by atoms with Crippen molar-refractivity contribution in [3.8, 4) is 11.1 Å². The molecule has 9 heteroatoms. The van der Waals surface area contributed by atoms with E-state index < -0.39 is 10.0 Å². The molecule has 0 atom stereocenters. The summed E-state index contributed by atoms with van der Waals surface area (Å²) in [4.78, 5) is 17.4. The monoisotopic (exact) mass is 538 g/mol. The summed E-state index contributed by atoms with van der Waals surface area (Å²) < 4.78 is 27.8. The van der Waals surface area contributed by atoms with E-state index in [-0.39, 0.29) is 30.1 Å². The quantitative estimate of drug-likeness (QED) is 0.387. The van der Waals surface area contributed by atoms with Crippen LogP contribution in [0.1, 0.15) is 49.1 Å². The van der Waals surface area contributed by atoms with Crippen molar-refractivity contribution in [2.75, 3.05) is 38.5 Å². The summed E-state index contributed by atoms with van der Waals surface area (Å²) in [6, 6.07) is 14.3. The number of rotatable bonds is 9. The topological polar surface area (TPSA) is 120 Å². The van der Waals surface area contributed by atoms with Gasteiger partial charge < -0.3 is 20.7 Å². The average Bonchev–Trinajstić information content (AvgIpc) is 3.34. The summed E-state index contributed by atoms with van der Waals surface area (Å²) in [5, 5.41) is 10.7. The highest BCUT2D eigenvalue weighted by molar-refractivity contribution is 7.89. The summed E-state index contributed by atoms with van der Waals surface area (Å²) in [5.41, 5.74) is 10.7. The maximum atomic E-state index is 13.1. The lowest BCUT2D eigenvalue weighted by molar-refractivity contribution is -0.117. The zero-order chi connectivity index (χ0) is 26.7. The van der Waals surface area contributed by atoms with Crippen LogP contribution < -0.4 is 5.73 Å². The van der Waals surface area contributed by atoms with Crippen molar-refractivity contribution in [2.45, 2.75) is 50.5 Å². The van der Waals surface area contributed by atoms with Gasteiger partial charge in [0, 0.05) is 43.3 Å². The normalized spacial score (nSPS) is 18.8. The first-order valence-electron chi connectivity index (χ1n) is 13.7. The van der Waals surface area contributed by atoms with Gasteiger partial charge in [0.25, 0.3) is 0 Å². The van der Waals surface area contributed by atoms with Gasteiger partial charge in [0.05, 0.1) is 18.3 Å². The maximum Gasteiger partial charge on any atom is 0.221 e. The van der Waals surface area contributed by atoms with Gasteiger partial charge in [0.15, 0.2) is 0 Å². The Labute approximate surface area is 224 Å². The number of aromatic nitrogens is 1. The molecule has 0 unspecified atom stereocenters. The molecule has 3 heterocycles. The number of nitrogens with two attached hydrogens (primary N) is 1. The number of amides is 1. The molecule has 2 saturated heterocycles. The predicted molar refractivity (Wildman–Crippen MR) is 150 cm³/mol. The number of H-pyrrole nitrogens is 1. The van der Waals surface area contributed by atoms with E-state index in [2.05, 4.69) is 28.1 Å². The Balaban J connectivity index is 1.27. The number of hydrogen-bond acceptors (Lipinski definition) is 5. The van der Waals surface area contributed by atoms with Crippen molar-refractivity contribution in [3.05, 3.63) is 59.8 Å². The minimum Gasteiger partial charge on any atom is -0.393 e. The van der Waals surface area contributed by atoms with Crippen LogP contribution in [0.25, 0.3) is 22.0 Å². The SMILES string of the molecule is NC(=O)Cc1cc(-c2ccccc2)cc2c(C3CCN(S(=O)(=O)CCCN4CCC(O)CC4)CC3)c[nH]c12. The molecule has 204 valence electrons. The molecule has 5 rings (SSSR count). The van der Waals surface area contributed by atoms with E-state index in [4.69, 9.17) is 5.73 Å². The van der Waals surface area contributed by atoms with Gasteiger partial charge in [0.2, 0.25) is 15.9 Å². The largest absolute Gasteiger partial charge is 0.393 e. The summed E-state index contributed by atoms with van der Waals surface area (Å²) in [5.74, 6) is 0.0345. The summed E-state index contributed by atoms with van der Waals surface area (Å²) in [6.07, 6.45) is 5.64. The molecule has 2 aromatic carbocycles. The lowest BCUT2D eigenvalue weighted by Gasteiger charge is -2.32. The molecule has 4 N–H and O–H groups in total. The van der Waals surface area contributed by atoms with Crippen molar-refractivity contribution in [1.29, 1.82) is 0 Å². The Hall–Kier alpha value is -2.72. The first-order chi connectivity index (χ1) is 18.3. The number of nitrogens with one attached hydrogen (secondary N) is 1. The highest BCUT2D eigenvalue weighted by atomic mass is 32.2. The van der Waals surface area contributed by atoms with Crippen LogP contribution >= 0.6 is 0 Å². The van der Waals surface area contributed by atoms with Gasteiger partial charge in [-0.05, 0) is 79.0 Å². The highest BCUT2D eigenvalue weighted by Gasteiger charge is 2.30. The molecular weight excluding hydrogens is 500 g/mol. The third-order valence-corrected chi connectivity index (χ3v) is 10.1. The number of aromatic amines is 1. The van der Waals surface area contributed by atoms with Crippen LogP contribution in [0, 0.1) is 0 Å². The maximum absolute atomic E-state index is 13.1. The molecule has 0 aliphatic carbocycles. The van der Waals surface area contributed by atoms with Gasteiger partial charge in [-0.1, -0.05) is 30.3 Å². The third-order valence-electron chi connectivity index (χ3n) is 8.10. The second-order valence-electron chi connectivity index (χ2n) is 10.7. The number of hydrogen-bond donors (Lipinski definition) is 3. The van der Waals surface area contributed by atoms with Crippen LogP contribution in [0.4, 0.5) is 0 Å². The molecule has 0 radical (unpaired) electrons. The summed E-state index contributed by atoms with van der Waals surface area (Å²) in [7, 11) is -3.29. The van der Waals surface area contributed by atoms with Gasteiger partial charge in [-0.15, -0.1) is 0 Å². The van der Waals surface area contributed by atoms with Crippen molar-refractivity contribution in [3.63, 3.8) is 0 Å². The molecule has 2 aliphatic rings. The zero-order valence-electron chi connectivity index (χ0n) is 21.8. The number of likely N-dealkylation sites (tertiary alicyclic amines) is 1. The van der Waals surface area contributed by atoms with E-state index in [1.54, 1.807) is 4.31 Å². The van der Waals surface area contributed by atoms with Crippen LogP contribution in [-0.4, -0.2) is 78.2 Å². The third kappa shape index (κ3) is 6.12. The number of aliphatic hydroxyl groups excluding tert-OH is 1. The Morgan fingerprint density at radius 2 is 1.71 bits per heavy atom.